The molecule has 0 saturated carbocycles. The van der Waals surface area contributed by atoms with Gasteiger partial charge in [-0.3, -0.25) is 9.45 Å². The molecular formula is C10H26N2O5S. The van der Waals surface area contributed by atoms with Crippen molar-refractivity contribution in [1.29, 1.82) is 0 Å². The van der Waals surface area contributed by atoms with Crippen LogP contribution in [0, 0.1) is 0 Å². The van der Waals surface area contributed by atoms with Crippen LogP contribution in [0.3, 0.4) is 0 Å². The monoisotopic (exact) mass is 286 g/mol. The highest BCUT2D eigenvalue weighted by atomic mass is 32.2. The Labute approximate surface area is 110 Å². The summed E-state index contributed by atoms with van der Waals surface area (Å²) >= 11 is 0. The molecule has 0 spiro atoms. The van der Waals surface area contributed by atoms with Crippen LogP contribution in [0.25, 0.3) is 0 Å². The standard InChI is InChI=1S/C6H14N2O.C2H6O3S.C2H6O/c1-6(9)8-4-2-7-3-5-8;1-2-6(3,4)5;1-2-3/h6-7,9H,2-5H2,1H3;2H2,1H3,(H,3,4,5);3H,2H2,1H3. The molecular weight excluding hydrogens is 260 g/mol. The second kappa shape index (κ2) is 11.8. The van der Waals surface area contributed by atoms with E-state index >= 15 is 0 Å². The highest BCUT2D eigenvalue weighted by Gasteiger charge is 2.12. The van der Waals surface area contributed by atoms with Crippen molar-refractivity contribution in [3.8, 4) is 0 Å². The van der Waals surface area contributed by atoms with Gasteiger partial charge >= 0.3 is 0 Å². The zero-order chi connectivity index (χ0) is 14.6. The molecule has 0 aromatic carbocycles. The van der Waals surface area contributed by atoms with Gasteiger partial charge in [0.1, 0.15) is 6.23 Å². The fraction of sp³-hybridized carbons (Fsp3) is 1.00. The lowest BCUT2D eigenvalue weighted by molar-refractivity contribution is 0.0112. The van der Waals surface area contributed by atoms with E-state index in [0.29, 0.717) is 0 Å². The van der Waals surface area contributed by atoms with Gasteiger partial charge in [-0.2, -0.15) is 8.42 Å². The average molecular weight is 286 g/mol. The van der Waals surface area contributed by atoms with E-state index in [1.807, 2.05) is 6.92 Å². The third-order valence-corrected chi connectivity index (χ3v) is 2.77. The Morgan fingerprint density at radius 3 is 1.78 bits per heavy atom. The SMILES string of the molecule is CC(O)N1CCNCC1.CCO.CCS(=O)(=O)O. The van der Waals surface area contributed by atoms with Crippen LogP contribution in [-0.2, 0) is 10.1 Å². The van der Waals surface area contributed by atoms with Gasteiger partial charge in [0.2, 0.25) is 0 Å². The molecule has 1 atom stereocenters. The lowest BCUT2D eigenvalue weighted by atomic mass is 10.3. The minimum absolute atomic E-state index is 0.201. The van der Waals surface area contributed by atoms with E-state index in [0.717, 1.165) is 26.2 Å². The van der Waals surface area contributed by atoms with Crippen LogP contribution in [-0.4, -0.2) is 72.9 Å². The predicted octanol–water partition coefficient (Wildman–Crippen LogP) is -0.877. The van der Waals surface area contributed by atoms with Crippen LogP contribution >= 0.6 is 0 Å². The summed E-state index contributed by atoms with van der Waals surface area (Å²) in [6, 6.07) is 0. The van der Waals surface area contributed by atoms with Gasteiger partial charge in [0.25, 0.3) is 10.1 Å². The van der Waals surface area contributed by atoms with E-state index in [1.165, 1.54) is 6.92 Å². The average Bonchev–Trinajstić information content (AvgIpc) is 2.31. The van der Waals surface area contributed by atoms with Crippen molar-refractivity contribution < 1.29 is 23.2 Å². The molecule has 1 rings (SSSR count). The van der Waals surface area contributed by atoms with Crippen LogP contribution < -0.4 is 5.32 Å². The summed E-state index contributed by atoms with van der Waals surface area (Å²) in [5, 5.41) is 19.9. The Kier molecular flexibility index (Phi) is 13.2. The molecule has 4 N–H and O–H groups in total. The summed E-state index contributed by atoms with van der Waals surface area (Å²) in [7, 11) is -3.66. The Bertz CT molecular complexity index is 263. The number of nitrogens with one attached hydrogen (secondary N) is 1. The Morgan fingerprint density at radius 2 is 1.61 bits per heavy atom. The second-order valence-electron chi connectivity index (χ2n) is 3.60. The Hall–Kier alpha value is -0.250. The van der Waals surface area contributed by atoms with Crippen molar-refractivity contribution in [3.63, 3.8) is 0 Å². The quantitative estimate of drug-likeness (QED) is 0.488. The molecule has 18 heavy (non-hydrogen) atoms. The van der Waals surface area contributed by atoms with Gasteiger partial charge in [-0.05, 0) is 20.8 Å². The van der Waals surface area contributed by atoms with Crippen molar-refractivity contribution in [3.05, 3.63) is 0 Å². The maximum atomic E-state index is 9.56. The molecule has 0 aromatic heterocycles. The van der Waals surface area contributed by atoms with Crippen molar-refractivity contribution in [1.82, 2.24) is 10.2 Å². The van der Waals surface area contributed by atoms with Crippen LogP contribution in [0.5, 0.6) is 0 Å². The van der Waals surface area contributed by atoms with Crippen molar-refractivity contribution >= 4 is 10.1 Å². The topological polar surface area (TPSA) is 110 Å². The van der Waals surface area contributed by atoms with Gasteiger partial charge in [-0.1, -0.05) is 0 Å². The fourth-order valence-electron chi connectivity index (χ4n) is 1.06. The first-order valence-corrected chi connectivity index (χ1v) is 7.58. The largest absolute Gasteiger partial charge is 0.397 e. The first-order chi connectivity index (χ1) is 8.28. The van der Waals surface area contributed by atoms with E-state index in [1.54, 1.807) is 6.92 Å². The smallest absolute Gasteiger partial charge is 0.264 e. The van der Waals surface area contributed by atoms with Crippen molar-refractivity contribution in [2.24, 2.45) is 0 Å². The summed E-state index contributed by atoms with van der Waals surface area (Å²) in [6.45, 7) is 9.06. The first-order valence-electron chi connectivity index (χ1n) is 5.97. The molecule has 1 aliphatic heterocycles. The molecule has 1 aliphatic rings. The minimum atomic E-state index is -3.66. The second-order valence-corrected chi connectivity index (χ2v) is 5.35. The summed E-state index contributed by atoms with van der Waals surface area (Å²) < 4.78 is 26.9. The molecule has 0 aromatic rings. The van der Waals surface area contributed by atoms with Crippen LogP contribution in [0.1, 0.15) is 20.8 Å². The molecule has 1 unspecified atom stereocenters. The lowest BCUT2D eigenvalue weighted by Gasteiger charge is -2.29. The number of rotatable bonds is 2. The number of aliphatic hydroxyl groups excluding tert-OH is 2. The molecule has 1 saturated heterocycles. The van der Waals surface area contributed by atoms with Gasteiger partial charge in [0, 0.05) is 32.8 Å². The van der Waals surface area contributed by atoms with E-state index < -0.39 is 10.1 Å². The molecule has 0 amide bonds. The lowest BCUT2D eigenvalue weighted by Crippen LogP contribution is -2.47. The molecule has 0 aliphatic carbocycles. The molecule has 112 valence electrons. The summed E-state index contributed by atoms with van der Waals surface area (Å²) in [5.74, 6) is -0.201. The van der Waals surface area contributed by atoms with Crippen LogP contribution in [0.15, 0.2) is 0 Å². The third kappa shape index (κ3) is 15.8. The molecule has 1 fully saturated rings. The predicted molar refractivity (Wildman–Crippen MR) is 71.0 cm³/mol. The maximum Gasteiger partial charge on any atom is 0.264 e. The highest BCUT2D eigenvalue weighted by molar-refractivity contribution is 7.85. The summed E-state index contributed by atoms with van der Waals surface area (Å²) in [5.41, 5.74) is 0. The van der Waals surface area contributed by atoms with Crippen molar-refractivity contribution in [2.75, 3.05) is 38.5 Å². The molecule has 8 heteroatoms. The van der Waals surface area contributed by atoms with Crippen LogP contribution in [0.2, 0.25) is 0 Å². The van der Waals surface area contributed by atoms with Gasteiger partial charge < -0.3 is 15.5 Å². The number of aliphatic hydroxyl groups is 2. The summed E-state index contributed by atoms with van der Waals surface area (Å²) in [4.78, 5) is 2.05. The zero-order valence-corrected chi connectivity index (χ0v) is 12.2. The van der Waals surface area contributed by atoms with E-state index in [2.05, 4.69) is 10.2 Å². The van der Waals surface area contributed by atoms with E-state index in [9.17, 15) is 8.42 Å². The molecule has 1 heterocycles. The highest BCUT2D eigenvalue weighted by Crippen LogP contribution is 1.95. The Morgan fingerprint density at radius 1 is 1.28 bits per heavy atom. The van der Waals surface area contributed by atoms with Gasteiger partial charge in [-0.15, -0.1) is 0 Å². The number of hydrogen-bond donors (Lipinski definition) is 4. The maximum absolute atomic E-state index is 9.56. The third-order valence-electron chi connectivity index (χ3n) is 2.04. The molecule has 0 bridgehead atoms. The van der Waals surface area contributed by atoms with Crippen molar-refractivity contribution in [2.45, 2.75) is 27.0 Å². The minimum Gasteiger partial charge on any atom is -0.397 e. The van der Waals surface area contributed by atoms with Gasteiger partial charge in [0.15, 0.2) is 0 Å². The number of nitrogens with zero attached hydrogens (tertiary/aromatic N) is 1. The summed E-state index contributed by atoms with van der Waals surface area (Å²) in [6.07, 6.45) is -0.271. The van der Waals surface area contributed by atoms with E-state index in [4.69, 9.17) is 14.8 Å². The number of piperazine rings is 1. The van der Waals surface area contributed by atoms with E-state index in [-0.39, 0.29) is 18.6 Å². The van der Waals surface area contributed by atoms with Crippen LogP contribution in [0.4, 0.5) is 0 Å². The van der Waals surface area contributed by atoms with Gasteiger partial charge in [0.05, 0.1) is 5.75 Å². The van der Waals surface area contributed by atoms with Gasteiger partial charge in [-0.25, -0.2) is 0 Å². The molecule has 0 radical (unpaired) electrons. The first kappa shape index (κ1) is 20.1. The fourth-order valence-corrected chi connectivity index (χ4v) is 1.06. The molecule has 7 nitrogen and oxygen atoms in total. The normalized spacial score (nSPS) is 17.9. The zero-order valence-electron chi connectivity index (χ0n) is 11.3. The number of hydrogen-bond acceptors (Lipinski definition) is 6. The Balaban J connectivity index is 0.